The van der Waals surface area contributed by atoms with Gasteiger partial charge in [-0.05, 0) is 19.1 Å². The summed E-state index contributed by atoms with van der Waals surface area (Å²) in [6.45, 7) is 4.43. The first kappa shape index (κ1) is 18.5. The highest BCUT2D eigenvalue weighted by atomic mass is 19.4. The van der Waals surface area contributed by atoms with E-state index in [0.29, 0.717) is 32.7 Å². The zero-order chi connectivity index (χ0) is 19.9. The van der Waals surface area contributed by atoms with Gasteiger partial charge in [0.25, 0.3) is 5.91 Å². The quantitative estimate of drug-likeness (QED) is 0.739. The van der Waals surface area contributed by atoms with E-state index in [1.165, 1.54) is 23.1 Å². The van der Waals surface area contributed by atoms with Gasteiger partial charge >= 0.3 is 6.18 Å². The molecule has 6 nitrogen and oxygen atoms in total. The van der Waals surface area contributed by atoms with Crippen molar-refractivity contribution in [2.24, 2.45) is 9.98 Å². The molecule has 0 radical (unpaired) electrons. The first-order valence-corrected chi connectivity index (χ1v) is 9.14. The molecule has 1 aromatic carbocycles. The number of amides is 1. The second kappa shape index (κ2) is 6.96. The number of rotatable bonds is 1. The predicted molar refractivity (Wildman–Crippen MR) is 99.1 cm³/mol. The van der Waals surface area contributed by atoms with E-state index >= 15 is 0 Å². The summed E-state index contributed by atoms with van der Waals surface area (Å²) < 4.78 is 39.7. The molecular formula is C19H20F3N5O. The summed E-state index contributed by atoms with van der Waals surface area (Å²) in [5.41, 5.74) is -1.20. The second-order valence-electron chi connectivity index (χ2n) is 6.99. The van der Waals surface area contributed by atoms with Crippen molar-refractivity contribution in [1.29, 1.82) is 0 Å². The number of amidine groups is 2. The molecule has 1 aromatic rings. The van der Waals surface area contributed by atoms with Crippen molar-refractivity contribution in [3.63, 3.8) is 0 Å². The Labute approximate surface area is 160 Å². The molecule has 4 rings (SSSR count). The van der Waals surface area contributed by atoms with Gasteiger partial charge in [-0.3, -0.25) is 9.79 Å². The van der Waals surface area contributed by atoms with Gasteiger partial charge in [0.05, 0.1) is 23.7 Å². The monoisotopic (exact) mass is 391 g/mol. The summed E-state index contributed by atoms with van der Waals surface area (Å²) in [4.78, 5) is 27.3. The van der Waals surface area contributed by atoms with Crippen LogP contribution < -0.4 is 0 Å². The minimum Gasteiger partial charge on any atom is -0.350 e. The van der Waals surface area contributed by atoms with E-state index in [1.807, 2.05) is 11.1 Å². The third kappa shape index (κ3) is 3.25. The van der Waals surface area contributed by atoms with Crippen LogP contribution in [0.1, 0.15) is 22.8 Å². The van der Waals surface area contributed by atoms with Gasteiger partial charge in [-0.1, -0.05) is 12.1 Å². The number of nitrogens with zero attached hydrogens (tertiary/aromatic N) is 5. The summed E-state index contributed by atoms with van der Waals surface area (Å²) in [5, 5.41) is 0. The van der Waals surface area contributed by atoms with Crippen molar-refractivity contribution < 1.29 is 18.0 Å². The molecule has 28 heavy (non-hydrogen) atoms. The predicted octanol–water partition coefficient (Wildman–Crippen LogP) is 2.45. The molecule has 1 saturated heterocycles. The maximum Gasteiger partial charge on any atom is 0.417 e. The number of piperazine rings is 1. The molecule has 1 atom stereocenters. The number of hydrogen-bond acceptors (Lipinski definition) is 5. The van der Waals surface area contributed by atoms with Gasteiger partial charge in [0.1, 0.15) is 0 Å². The van der Waals surface area contributed by atoms with Crippen LogP contribution in [0.3, 0.4) is 0 Å². The van der Waals surface area contributed by atoms with E-state index in [-0.39, 0.29) is 11.6 Å². The number of carbonyl (C=O) groups is 1. The lowest BCUT2D eigenvalue weighted by atomic mass is 10.1. The van der Waals surface area contributed by atoms with Crippen molar-refractivity contribution in [2.45, 2.75) is 19.1 Å². The lowest BCUT2D eigenvalue weighted by Gasteiger charge is -2.38. The van der Waals surface area contributed by atoms with Crippen LogP contribution in [0.15, 0.2) is 46.7 Å². The molecule has 0 spiro atoms. The third-order valence-corrected chi connectivity index (χ3v) is 5.18. The van der Waals surface area contributed by atoms with E-state index in [4.69, 9.17) is 0 Å². The Morgan fingerprint density at radius 2 is 1.82 bits per heavy atom. The van der Waals surface area contributed by atoms with Crippen molar-refractivity contribution >= 4 is 17.6 Å². The molecule has 1 amide bonds. The van der Waals surface area contributed by atoms with Gasteiger partial charge in [0, 0.05) is 38.6 Å². The largest absolute Gasteiger partial charge is 0.417 e. The number of aliphatic imine (C=N–C) groups is 2. The van der Waals surface area contributed by atoms with Crippen molar-refractivity contribution in [3.8, 4) is 0 Å². The summed E-state index contributed by atoms with van der Waals surface area (Å²) in [7, 11) is 0. The lowest BCUT2D eigenvalue weighted by molar-refractivity contribution is -0.138. The van der Waals surface area contributed by atoms with E-state index in [9.17, 15) is 18.0 Å². The fourth-order valence-electron chi connectivity index (χ4n) is 3.67. The molecule has 0 saturated carbocycles. The summed E-state index contributed by atoms with van der Waals surface area (Å²) in [5.74, 6) is 0.985. The van der Waals surface area contributed by atoms with Crippen LogP contribution in [0.2, 0.25) is 0 Å². The Morgan fingerprint density at radius 3 is 2.54 bits per heavy atom. The molecule has 1 fully saturated rings. The van der Waals surface area contributed by atoms with Crippen LogP contribution in [0.5, 0.6) is 0 Å². The van der Waals surface area contributed by atoms with Gasteiger partial charge in [-0.25, -0.2) is 4.99 Å². The van der Waals surface area contributed by atoms with Crippen molar-refractivity contribution in [1.82, 2.24) is 14.7 Å². The molecule has 9 heteroatoms. The van der Waals surface area contributed by atoms with Gasteiger partial charge in [0.15, 0.2) is 11.7 Å². The van der Waals surface area contributed by atoms with E-state index < -0.39 is 17.6 Å². The zero-order valence-electron chi connectivity index (χ0n) is 15.4. The van der Waals surface area contributed by atoms with Crippen LogP contribution in [0.4, 0.5) is 13.2 Å². The molecule has 3 heterocycles. The molecule has 0 bridgehead atoms. The first-order valence-electron chi connectivity index (χ1n) is 9.14. The van der Waals surface area contributed by atoms with Crippen molar-refractivity contribution in [2.75, 3.05) is 32.7 Å². The number of halogens is 3. The Morgan fingerprint density at radius 1 is 1.11 bits per heavy atom. The fraction of sp³-hybridized carbons (Fsp3) is 0.421. The highest BCUT2D eigenvalue weighted by molar-refractivity contribution is 6.41. The van der Waals surface area contributed by atoms with Crippen LogP contribution in [0.25, 0.3) is 0 Å². The normalized spacial score (nSPS) is 22.1. The van der Waals surface area contributed by atoms with Gasteiger partial charge in [-0.2, -0.15) is 13.2 Å². The third-order valence-electron chi connectivity index (χ3n) is 5.18. The molecular weight excluding hydrogens is 371 g/mol. The van der Waals surface area contributed by atoms with Crippen LogP contribution in [-0.4, -0.2) is 71.0 Å². The summed E-state index contributed by atoms with van der Waals surface area (Å²) in [6, 6.07) is 5.20. The molecule has 0 unspecified atom stereocenters. The lowest BCUT2D eigenvalue weighted by Crippen LogP contribution is -2.54. The number of alkyl halides is 3. The smallest absolute Gasteiger partial charge is 0.350 e. The maximum absolute atomic E-state index is 13.2. The van der Waals surface area contributed by atoms with E-state index in [0.717, 1.165) is 17.7 Å². The first-order chi connectivity index (χ1) is 13.4. The molecule has 3 aliphatic rings. The standard InChI is InChI=1S/C19H20F3N5O/c1-13-12-24-17-16(23-6-7-27(13)17)25-8-10-26(11-9-25)18(28)14-4-2-3-5-15(14)19(20,21)22/h2-7,13H,8-12H2,1H3/t13-/m0/s1. The number of carbonyl (C=O) groups excluding carboxylic acids is 1. The van der Waals surface area contributed by atoms with E-state index in [2.05, 4.69) is 21.8 Å². The highest BCUT2D eigenvalue weighted by Gasteiger charge is 2.37. The van der Waals surface area contributed by atoms with Crippen LogP contribution in [-0.2, 0) is 6.18 Å². The SMILES string of the molecule is C[C@H]1CN=C2C(N3CCN(C(=O)c4ccccc4C(F)(F)F)CC3)=NC=CN21. The highest BCUT2D eigenvalue weighted by Crippen LogP contribution is 2.32. The minimum atomic E-state index is -4.56. The molecule has 148 valence electrons. The summed E-state index contributed by atoms with van der Waals surface area (Å²) >= 11 is 0. The number of fused-ring (bicyclic) bond motifs is 1. The molecule has 0 aliphatic carbocycles. The Kier molecular flexibility index (Phi) is 4.60. The van der Waals surface area contributed by atoms with Crippen LogP contribution >= 0.6 is 0 Å². The van der Waals surface area contributed by atoms with Crippen LogP contribution in [0, 0.1) is 0 Å². The van der Waals surface area contributed by atoms with Gasteiger partial charge in [0.2, 0.25) is 0 Å². The Bertz CT molecular complexity index is 869. The maximum atomic E-state index is 13.2. The van der Waals surface area contributed by atoms with Gasteiger partial charge in [-0.15, -0.1) is 0 Å². The molecule has 3 aliphatic heterocycles. The molecule has 0 N–H and O–H groups in total. The van der Waals surface area contributed by atoms with Crippen molar-refractivity contribution in [3.05, 3.63) is 47.8 Å². The second-order valence-corrected chi connectivity index (χ2v) is 6.99. The Hall–Kier alpha value is -2.84. The summed E-state index contributed by atoms with van der Waals surface area (Å²) in [6.07, 6.45) is -0.931. The molecule has 0 aromatic heterocycles. The van der Waals surface area contributed by atoms with Gasteiger partial charge < -0.3 is 14.7 Å². The fourth-order valence-corrected chi connectivity index (χ4v) is 3.67. The average Bonchev–Trinajstić information content (AvgIpc) is 3.08. The topological polar surface area (TPSA) is 51.5 Å². The number of benzene rings is 1. The Balaban J connectivity index is 1.46. The minimum absolute atomic E-state index is 0.276. The average molecular weight is 391 g/mol. The van der Waals surface area contributed by atoms with E-state index in [1.54, 1.807) is 6.20 Å². The number of hydrogen-bond donors (Lipinski definition) is 0. The zero-order valence-corrected chi connectivity index (χ0v) is 15.4.